The highest BCUT2D eigenvalue weighted by Crippen LogP contribution is 2.20. The number of imide groups is 1. The highest BCUT2D eigenvalue weighted by atomic mass is 16.5. The molecule has 1 fully saturated rings. The van der Waals surface area contributed by atoms with Gasteiger partial charge in [0.15, 0.2) is 6.10 Å². The molecule has 1 aliphatic rings. The van der Waals surface area contributed by atoms with Crippen LogP contribution in [0.4, 0.5) is 4.79 Å². The molecule has 8 heteroatoms. The van der Waals surface area contributed by atoms with Crippen LogP contribution in [0.15, 0.2) is 36.4 Å². The Labute approximate surface area is 157 Å². The monoisotopic (exact) mass is 373 g/mol. The Morgan fingerprint density at radius 1 is 1.19 bits per heavy atom. The summed E-state index contributed by atoms with van der Waals surface area (Å²) in [6.45, 7) is 2.22. The van der Waals surface area contributed by atoms with Crippen molar-refractivity contribution in [3.05, 3.63) is 42.0 Å². The van der Waals surface area contributed by atoms with Crippen molar-refractivity contribution in [2.75, 3.05) is 13.1 Å². The number of ether oxygens (including phenoxy) is 1. The van der Waals surface area contributed by atoms with Crippen molar-refractivity contribution in [3.63, 3.8) is 0 Å². The van der Waals surface area contributed by atoms with E-state index in [0.29, 0.717) is 25.9 Å². The maximum Gasteiger partial charge on any atom is 0.318 e. The second-order valence-electron chi connectivity index (χ2n) is 6.28. The SMILES string of the molecule is C[C@@H](OC(=O)C1CCN(C(=O)/C=C/c2ccccc2)CC1)C(=O)NC(N)=O. The smallest absolute Gasteiger partial charge is 0.318 e. The number of benzene rings is 1. The summed E-state index contributed by atoms with van der Waals surface area (Å²) in [7, 11) is 0. The fourth-order valence-corrected chi connectivity index (χ4v) is 2.72. The van der Waals surface area contributed by atoms with Gasteiger partial charge in [0, 0.05) is 19.2 Å². The number of esters is 1. The molecular weight excluding hydrogens is 350 g/mol. The molecule has 0 unspecified atom stereocenters. The second kappa shape index (κ2) is 9.51. The Kier molecular flexibility index (Phi) is 7.10. The van der Waals surface area contributed by atoms with Crippen LogP contribution in [-0.4, -0.2) is 47.9 Å². The van der Waals surface area contributed by atoms with Crippen molar-refractivity contribution in [3.8, 4) is 0 Å². The Morgan fingerprint density at radius 2 is 1.81 bits per heavy atom. The molecule has 1 aromatic rings. The van der Waals surface area contributed by atoms with Gasteiger partial charge in [-0.3, -0.25) is 19.7 Å². The average molecular weight is 373 g/mol. The van der Waals surface area contributed by atoms with E-state index in [0.717, 1.165) is 5.56 Å². The first-order valence-electron chi connectivity index (χ1n) is 8.69. The lowest BCUT2D eigenvalue weighted by Gasteiger charge is -2.30. The number of piperidine rings is 1. The van der Waals surface area contributed by atoms with Crippen LogP contribution in [0.1, 0.15) is 25.3 Å². The maximum absolute atomic E-state index is 12.2. The minimum atomic E-state index is -1.11. The number of carbonyl (C=O) groups is 4. The van der Waals surface area contributed by atoms with Gasteiger partial charge in [0.05, 0.1) is 5.92 Å². The molecule has 0 aromatic heterocycles. The van der Waals surface area contributed by atoms with Gasteiger partial charge in [0.25, 0.3) is 5.91 Å². The molecule has 3 N–H and O–H groups in total. The number of amides is 4. The zero-order chi connectivity index (χ0) is 19.8. The molecule has 1 saturated heterocycles. The molecule has 1 atom stereocenters. The molecule has 2 rings (SSSR count). The molecule has 27 heavy (non-hydrogen) atoms. The van der Waals surface area contributed by atoms with Gasteiger partial charge < -0.3 is 15.4 Å². The van der Waals surface area contributed by atoms with E-state index in [-0.39, 0.29) is 5.91 Å². The van der Waals surface area contributed by atoms with Crippen LogP contribution in [0.3, 0.4) is 0 Å². The van der Waals surface area contributed by atoms with Crippen molar-refractivity contribution >= 4 is 29.9 Å². The molecule has 1 aromatic carbocycles. The topological polar surface area (TPSA) is 119 Å². The summed E-state index contributed by atoms with van der Waals surface area (Å²) in [5.41, 5.74) is 5.79. The maximum atomic E-state index is 12.2. The number of primary amides is 1. The Balaban J connectivity index is 1.79. The molecule has 0 radical (unpaired) electrons. The molecule has 1 heterocycles. The number of carbonyl (C=O) groups excluding carboxylic acids is 4. The van der Waals surface area contributed by atoms with Gasteiger partial charge >= 0.3 is 12.0 Å². The van der Waals surface area contributed by atoms with E-state index >= 15 is 0 Å². The molecule has 144 valence electrons. The predicted molar refractivity (Wildman–Crippen MR) is 98.1 cm³/mol. The lowest BCUT2D eigenvalue weighted by molar-refractivity contribution is -0.160. The minimum Gasteiger partial charge on any atom is -0.452 e. The third-order valence-corrected chi connectivity index (χ3v) is 4.27. The lowest BCUT2D eigenvalue weighted by Crippen LogP contribution is -2.44. The second-order valence-corrected chi connectivity index (χ2v) is 6.28. The lowest BCUT2D eigenvalue weighted by atomic mass is 9.97. The molecular formula is C19H23N3O5. The summed E-state index contributed by atoms with van der Waals surface area (Å²) in [5, 5.41) is 1.86. The van der Waals surface area contributed by atoms with Crippen molar-refractivity contribution in [1.29, 1.82) is 0 Å². The minimum absolute atomic E-state index is 0.111. The summed E-state index contributed by atoms with van der Waals surface area (Å²) in [4.78, 5) is 48.3. The van der Waals surface area contributed by atoms with Crippen molar-refractivity contribution in [1.82, 2.24) is 10.2 Å². The first kappa shape index (κ1) is 20.2. The summed E-state index contributed by atoms with van der Waals surface area (Å²) in [5.74, 6) is -1.79. The van der Waals surface area contributed by atoms with Gasteiger partial charge in [-0.05, 0) is 31.4 Å². The first-order valence-corrected chi connectivity index (χ1v) is 8.69. The number of urea groups is 1. The zero-order valence-electron chi connectivity index (χ0n) is 15.1. The summed E-state index contributed by atoms with van der Waals surface area (Å²) in [6, 6.07) is 8.50. The number of nitrogens with two attached hydrogens (primary N) is 1. The number of nitrogens with zero attached hydrogens (tertiary/aromatic N) is 1. The van der Waals surface area contributed by atoms with Crippen molar-refractivity contribution < 1.29 is 23.9 Å². The Morgan fingerprint density at radius 3 is 2.41 bits per heavy atom. The Bertz CT molecular complexity index is 724. The van der Waals surface area contributed by atoms with Crippen LogP contribution in [0.25, 0.3) is 6.08 Å². The van der Waals surface area contributed by atoms with Crippen LogP contribution in [0.2, 0.25) is 0 Å². The van der Waals surface area contributed by atoms with Crippen molar-refractivity contribution in [2.24, 2.45) is 11.7 Å². The van der Waals surface area contributed by atoms with E-state index in [1.807, 2.05) is 35.6 Å². The van der Waals surface area contributed by atoms with Crippen molar-refractivity contribution in [2.45, 2.75) is 25.9 Å². The summed E-state index contributed by atoms with van der Waals surface area (Å²) >= 11 is 0. The molecule has 0 spiro atoms. The number of hydrogen-bond acceptors (Lipinski definition) is 5. The van der Waals surface area contributed by atoms with Crippen LogP contribution in [0.5, 0.6) is 0 Å². The van der Waals surface area contributed by atoms with Gasteiger partial charge in [-0.25, -0.2) is 4.79 Å². The van der Waals surface area contributed by atoms with Crippen LogP contribution in [-0.2, 0) is 19.1 Å². The average Bonchev–Trinajstić information content (AvgIpc) is 2.66. The number of nitrogens with one attached hydrogen (secondary N) is 1. The third-order valence-electron chi connectivity index (χ3n) is 4.27. The number of likely N-dealkylation sites (tertiary alicyclic amines) is 1. The zero-order valence-corrected chi connectivity index (χ0v) is 15.1. The standard InChI is InChI=1S/C19H23N3O5/c1-13(17(24)21-19(20)26)27-18(25)15-9-11-22(12-10-15)16(23)8-7-14-5-3-2-4-6-14/h2-8,13,15H,9-12H2,1H3,(H3,20,21,24,26)/b8-7+/t13-/m1/s1. The molecule has 8 nitrogen and oxygen atoms in total. The quantitative estimate of drug-likeness (QED) is 0.591. The number of rotatable bonds is 5. The van der Waals surface area contributed by atoms with E-state index in [1.165, 1.54) is 13.0 Å². The van der Waals surface area contributed by atoms with Gasteiger partial charge in [0.1, 0.15) is 0 Å². The Hall–Kier alpha value is -3.16. The van der Waals surface area contributed by atoms with Crippen LogP contribution < -0.4 is 11.1 Å². The normalized spacial score (nSPS) is 16.0. The van der Waals surface area contributed by atoms with E-state index in [4.69, 9.17) is 10.5 Å². The van der Waals surface area contributed by atoms with E-state index in [9.17, 15) is 19.2 Å². The van der Waals surface area contributed by atoms with E-state index in [1.54, 1.807) is 11.0 Å². The molecule has 0 aliphatic carbocycles. The van der Waals surface area contributed by atoms with E-state index < -0.39 is 29.9 Å². The molecule has 0 saturated carbocycles. The van der Waals surface area contributed by atoms with Crippen LogP contribution >= 0.6 is 0 Å². The van der Waals surface area contributed by atoms with Gasteiger partial charge in [-0.1, -0.05) is 30.3 Å². The fraction of sp³-hybridized carbons (Fsp3) is 0.368. The third kappa shape index (κ3) is 6.25. The highest BCUT2D eigenvalue weighted by molar-refractivity contribution is 5.96. The first-order chi connectivity index (χ1) is 12.9. The van der Waals surface area contributed by atoms with Gasteiger partial charge in [0.2, 0.25) is 5.91 Å². The molecule has 1 aliphatic heterocycles. The molecule has 4 amide bonds. The van der Waals surface area contributed by atoms with Gasteiger partial charge in [-0.2, -0.15) is 0 Å². The fourth-order valence-electron chi connectivity index (χ4n) is 2.72. The summed E-state index contributed by atoms with van der Waals surface area (Å²) in [6.07, 6.45) is 3.06. The number of hydrogen-bond donors (Lipinski definition) is 2. The van der Waals surface area contributed by atoms with Gasteiger partial charge in [-0.15, -0.1) is 0 Å². The predicted octanol–water partition coefficient (Wildman–Crippen LogP) is 1.06. The van der Waals surface area contributed by atoms with Crippen LogP contribution in [0, 0.1) is 5.92 Å². The summed E-state index contributed by atoms with van der Waals surface area (Å²) < 4.78 is 5.08. The molecule has 0 bridgehead atoms. The van der Waals surface area contributed by atoms with E-state index in [2.05, 4.69) is 0 Å². The largest absolute Gasteiger partial charge is 0.452 e. The highest BCUT2D eigenvalue weighted by Gasteiger charge is 2.30.